The Balaban J connectivity index is 2.13. The van der Waals surface area contributed by atoms with Gasteiger partial charge in [0.05, 0.1) is 10.9 Å². The summed E-state index contributed by atoms with van der Waals surface area (Å²) >= 11 is 3.01. The number of nitrogens with zero attached hydrogens (tertiary/aromatic N) is 1. The molecule has 1 atom stereocenters. The lowest BCUT2D eigenvalue weighted by atomic mass is 10.1. The highest BCUT2D eigenvalue weighted by atomic mass is 32.2. The van der Waals surface area contributed by atoms with Crippen molar-refractivity contribution in [1.82, 2.24) is 9.97 Å². The Morgan fingerprint density at radius 2 is 2.04 bits per heavy atom. The number of aryl methyl sites for hydroxylation is 2. The molecule has 1 aromatic heterocycles. The van der Waals surface area contributed by atoms with Crippen LogP contribution in [0.2, 0.25) is 0 Å². The van der Waals surface area contributed by atoms with E-state index in [2.05, 4.69) is 22.2 Å². The summed E-state index contributed by atoms with van der Waals surface area (Å²) in [7, 11) is 0. The smallest absolute Gasteiger partial charge is 0.251 e. The third-order valence-electron chi connectivity index (χ3n) is 3.80. The number of carbonyl (C=O) groups excluding carboxylic acids is 1. The van der Waals surface area contributed by atoms with E-state index in [9.17, 15) is 9.59 Å². The fourth-order valence-electron chi connectivity index (χ4n) is 2.36. The maximum Gasteiger partial charge on any atom is 0.251 e. The van der Waals surface area contributed by atoms with E-state index < -0.39 is 0 Å². The zero-order valence-corrected chi connectivity index (χ0v) is 17.2. The SMILES string of the molecule is CCSCc1cc(=O)[nH]c(SC(CC)C(=O)Nc2cc(C)ccc2C)n1. The third-order valence-corrected chi connectivity index (χ3v) is 5.95. The van der Waals surface area contributed by atoms with Crippen LogP contribution >= 0.6 is 23.5 Å². The van der Waals surface area contributed by atoms with E-state index in [0.717, 1.165) is 28.3 Å². The van der Waals surface area contributed by atoms with E-state index >= 15 is 0 Å². The van der Waals surface area contributed by atoms with Crippen LogP contribution in [-0.2, 0) is 10.5 Å². The molecular formula is C19H25N3O2S2. The third kappa shape index (κ3) is 5.92. The van der Waals surface area contributed by atoms with Crippen molar-refractivity contribution in [3.05, 3.63) is 51.4 Å². The summed E-state index contributed by atoms with van der Waals surface area (Å²) in [6.45, 7) is 7.99. The van der Waals surface area contributed by atoms with E-state index in [1.807, 2.05) is 39.0 Å². The lowest BCUT2D eigenvalue weighted by Gasteiger charge is -2.16. The molecule has 0 aliphatic carbocycles. The van der Waals surface area contributed by atoms with Gasteiger partial charge in [-0.25, -0.2) is 4.98 Å². The number of aromatic amines is 1. The normalized spacial score (nSPS) is 12.0. The molecule has 0 spiro atoms. The highest BCUT2D eigenvalue weighted by Crippen LogP contribution is 2.25. The number of carbonyl (C=O) groups is 1. The molecule has 0 saturated carbocycles. The second kappa shape index (κ2) is 9.83. The Hall–Kier alpha value is -1.73. The first-order valence-corrected chi connectivity index (χ1v) is 10.7. The van der Waals surface area contributed by atoms with E-state index in [1.54, 1.807) is 11.8 Å². The number of hydrogen-bond acceptors (Lipinski definition) is 5. The minimum atomic E-state index is -0.327. The number of H-pyrrole nitrogens is 1. The molecule has 2 N–H and O–H groups in total. The molecule has 1 amide bonds. The first-order chi connectivity index (χ1) is 12.4. The first kappa shape index (κ1) is 20.6. The summed E-state index contributed by atoms with van der Waals surface area (Å²) in [5, 5.41) is 3.17. The Morgan fingerprint density at radius 3 is 2.73 bits per heavy atom. The summed E-state index contributed by atoms with van der Waals surface area (Å²) in [5.74, 6) is 1.58. The maximum atomic E-state index is 12.7. The monoisotopic (exact) mass is 391 g/mol. The van der Waals surface area contributed by atoms with Gasteiger partial charge in [0.25, 0.3) is 5.56 Å². The zero-order valence-electron chi connectivity index (χ0n) is 15.6. The zero-order chi connectivity index (χ0) is 19.1. The van der Waals surface area contributed by atoms with Crippen LogP contribution in [0.3, 0.4) is 0 Å². The molecule has 1 aromatic carbocycles. The van der Waals surface area contributed by atoms with Crippen molar-refractivity contribution in [2.45, 2.75) is 50.3 Å². The van der Waals surface area contributed by atoms with Gasteiger partial charge in [-0.2, -0.15) is 11.8 Å². The predicted molar refractivity (Wildman–Crippen MR) is 111 cm³/mol. The van der Waals surface area contributed by atoms with Gasteiger partial charge in [0.15, 0.2) is 5.16 Å². The summed E-state index contributed by atoms with van der Waals surface area (Å²) < 4.78 is 0. The van der Waals surface area contributed by atoms with Crippen molar-refractivity contribution in [3.8, 4) is 0 Å². The lowest BCUT2D eigenvalue weighted by Crippen LogP contribution is -2.25. The van der Waals surface area contributed by atoms with E-state index in [4.69, 9.17) is 0 Å². The van der Waals surface area contributed by atoms with Crippen LogP contribution in [0.4, 0.5) is 5.69 Å². The molecule has 7 heteroatoms. The molecule has 0 aliphatic rings. The fourth-order valence-corrected chi connectivity index (χ4v) is 3.85. The number of amides is 1. The molecule has 2 rings (SSSR count). The number of rotatable bonds is 8. The minimum absolute atomic E-state index is 0.0813. The molecule has 0 saturated heterocycles. The predicted octanol–water partition coefficient (Wildman–Crippen LogP) is 4.15. The van der Waals surface area contributed by atoms with Crippen LogP contribution < -0.4 is 10.9 Å². The Morgan fingerprint density at radius 1 is 1.27 bits per heavy atom. The van der Waals surface area contributed by atoms with E-state index in [-0.39, 0.29) is 16.7 Å². The molecule has 0 radical (unpaired) electrons. The van der Waals surface area contributed by atoms with Gasteiger partial charge in [0.2, 0.25) is 5.91 Å². The van der Waals surface area contributed by atoms with Crippen LogP contribution in [0.1, 0.15) is 37.1 Å². The molecule has 1 unspecified atom stereocenters. The number of anilines is 1. The molecular weight excluding hydrogens is 366 g/mol. The number of aromatic nitrogens is 2. The van der Waals surface area contributed by atoms with Gasteiger partial charge in [-0.15, -0.1) is 0 Å². The number of thioether (sulfide) groups is 2. The molecule has 0 fully saturated rings. The minimum Gasteiger partial charge on any atom is -0.325 e. The fraction of sp³-hybridized carbons (Fsp3) is 0.421. The highest BCUT2D eigenvalue weighted by Gasteiger charge is 2.20. The molecule has 2 aromatic rings. The second-order valence-electron chi connectivity index (χ2n) is 6.00. The molecule has 26 heavy (non-hydrogen) atoms. The van der Waals surface area contributed by atoms with Crippen LogP contribution in [0, 0.1) is 13.8 Å². The Bertz CT molecular complexity index is 821. The van der Waals surface area contributed by atoms with Crippen LogP contribution in [0.5, 0.6) is 0 Å². The molecule has 0 aliphatic heterocycles. The van der Waals surface area contributed by atoms with E-state index in [1.165, 1.54) is 17.8 Å². The summed E-state index contributed by atoms with van der Waals surface area (Å²) in [6.07, 6.45) is 0.638. The van der Waals surface area contributed by atoms with Gasteiger partial charge >= 0.3 is 0 Å². The van der Waals surface area contributed by atoms with Crippen molar-refractivity contribution >= 4 is 35.1 Å². The van der Waals surface area contributed by atoms with Crippen molar-refractivity contribution in [3.63, 3.8) is 0 Å². The molecule has 5 nitrogen and oxygen atoms in total. The quantitative estimate of drug-likeness (QED) is 0.522. The average Bonchev–Trinajstić information content (AvgIpc) is 2.60. The van der Waals surface area contributed by atoms with Gasteiger partial charge < -0.3 is 10.3 Å². The number of hydrogen-bond donors (Lipinski definition) is 2. The maximum absolute atomic E-state index is 12.7. The Kier molecular flexibility index (Phi) is 7.78. The average molecular weight is 392 g/mol. The number of benzene rings is 1. The first-order valence-electron chi connectivity index (χ1n) is 8.65. The van der Waals surface area contributed by atoms with Gasteiger partial charge in [-0.3, -0.25) is 9.59 Å². The molecule has 0 bridgehead atoms. The molecule has 1 heterocycles. The van der Waals surface area contributed by atoms with Crippen molar-refractivity contribution in [2.75, 3.05) is 11.1 Å². The number of nitrogens with one attached hydrogen (secondary N) is 2. The van der Waals surface area contributed by atoms with Crippen molar-refractivity contribution in [2.24, 2.45) is 0 Å². The lowest BCUT2D eigenvalue weighted by molar-refractivity contribution is -0.115. The van der Waals surface area contributed by atoms with Gasteiger partial charge in [0, 0.05) is 17.5 Å². The van der Waals surface area contributed by atoms with Crippen LogP contribution in [0.25, 0.3) is 0 Å². The summed E-state index contributed by atoms with van der Waals surface area (Å²) in [5.41, 5.74) is 3.50. The Labute approximate surface area is 162 Å². The van der Waals surface area contributed by atoms with Gasteiger partial charge in [0.1, 0.15) is 0 Å². The van der Waals surface area contributed by atoms with Crippen LogP contribution in [-0.4, -0.2) is 26.9 Å². The van der Waals surface area contributed by atoms with Crippen molar-refractivity contribution < 1.29 is 4.79 Å². The van der Waals surface area contributed by atoms with Crippen LogP contribution in [0.15, 0.2) is 34.2 Å². The topological polar surface area (TPSA) is 74.8 Å². The standard InChI is InChI=1S/C19H25N3O2S2/c1-5-16(18(24)21-15-9-12(3)7-8-13(15)4)26-19-20-14(11-25-6-2)10-17(23)22-19/h7-10,16H,5-6,11H2,1-4H3,(H,21,24)(H,20,22,23). The van der Waals surface area contributed by atoms with Gasteiger partial charge in [-0.05, 0) is 43.2 Å². The summed E-state index contributed by atoms with van der Waals surface area (Å²) in [4.78, 5) is 31.8. The van der Waals surface area contributed by atoms with Gasteiger partial charge in [-0.1, -0.05) is 37.7 Å². The largest absolute Gasteiger partial charge is 0.325 e. The molecule has 140 valence electrons. The van der Waals surface area contributed by atoms with E-state index in [0.29, 0.717) is 17.3 Å². The second-order valence-corrected chi connectivity index (χ2v) is 8.47. The van der Waals surface area contributed by atoms with Crippen molar-refractivity contribution in [1.29, 1.82) is 0 Å². The highest BCUT2D eigenvalue weighted by molar-refractivity contribution is 8.00. The summed E-state index contributed by atoms with van der Waals surface area (Å²) in [6, 6.07) is 7.50.